The number of carbonyl (C=O) groups excluding carboxylic acids is 2. The van der Waals surface area contributed by atoms with E-state index in [0.717, 1.165) is 16.4 Å². The molecule has 0 aliphatic rings. The number of carbonyl (C=O) groups is 2. The van der Waals surface area contributed by atoms with Crippen LogP contribution in [0.15, 0.2) is 47.2 Å². The number of hydrogen-bond acceptors (Lipinski definition) is 5. The molecule has 0 atom stereocenters. The number of aromatic nitrogens is 2. The van der Waals surface area contributed by atoms with E-state index in [1.807, 2.05) is 29.8 Å². The summed E-state index contributed by atoms with van der Waals surface area (Å²) >= 11 is 2.60. The fourth-order valence-electron chi connectivity index (χ4n) is 2.55. The summed E-state index contributed by atoms with van der Waals surface area (Å²) in [5.74, 6) is -0.590. The summed E-state index contributed by atoms with van der Waals surface area (Å²) in [6.07, 6.45) is 3.59. The molecular weight excluding hydrogens is 368 g/mol. The van der Waals surface area contributed by atoms with Gasteiger partial charge in [-0.2, -0.15) is 0 Å². The Balaban J connectivity index is 1.69. The first-order valence-electron chi connectivity index (χ1n) is 7.86. The summed E-state index contributed by atoms with van der Waals surface area (Å²) in [5.41, 5.74) is 8.98. The van der Waals surface area contributed by atoms with Crippen molar-refractivity contribution in [1.29, 1.82) is 0 Å². The molecule has 0 unspecified atom stereocenters. The molecule has 2 heterocycles. The third-order valence-electron chi connectivity index (χ3n) is 3.73. The van der Waals surface area contributed by atoms with Gasteiger partial charge in [-0.05, 0) is 36.9 Å². The van der Waals surface area contributed by atoms with Crippen molar-refractivity contribution in [2.24, 2.45) is 5.73 Å². The van der Waals surface area contributed by atoms with E-state index in [2.05, 4.69) is 23.3 Å². The molecule has 3 aromatic rings. The Morgan fingerprint density at radius 3 is 2.85 bits per heavy atom. The summed E-state index contributed by atoms with van der Waals surface area (Å²) in [7, 11) is 0. The lowest BCUT2D eigenvalue weighted by Crippen LogP contribution is -2.18. The van der Waals surface area contributed by atoms with Crippen molar-refractivity contribution in [3.8, 4) is 5.69 Å². The van der Waals surface area contributed by atoms with E-state index in [1.165, 1.54) is 28.7 Å². The maximum Gasteiger partial charge on any atom is 0.251 e. The lowest BCUT2D eigenvalue weighted by atomic mass is 10.1. The van der Waals surface area contributed by atoms with E-state index in [1.54, 1.807) is 17.6 Å². The summed E-state index contributed by atoms with van der Waals surface area (Å²) < 4.78 is 1.96. The first-order chi connectivity index (χ1) is 12.5. The normalized spacial score (nSPS) is 10.7. The van der Waals surface area contributed by atoms with Crippen molar-refractivity contribution >= 4 is 39.9 Å². The third kappa shape index (κ3) is 3.97. The first-order valence-corrected chi connectivity index (χ1v) is 9.73. The van der Waals surface area contributed by atoms with Crippen molar-refractivity contribution in [2.45, 2.75) is 19.0 Å². The number of anilines is 1. The van der Waals surface area contributed by atoms with Gasteiger partial charge in [0.25, 0.3) is 5.91 Å². The second-order valence-corrected chi connectivity index (χ2v) is 7.59. The van der Waals surface area contributed by atoms with Crippen LogP contribution in [-0.2, 0) is 4.79 Å². The van der Waals surface area contributed by atoms with Crippen molar-refractivity contribution < 1.29 is 9.59 Å². The smallest absolute Gasteiger partial charge is 0.251 e. The molecule has 26 heavy (non-hydrogen) atoms. The summed E-state index contributed by atoms with van der Waals surface area (Å²) in [6.45, 7) is 4.10. The van der Waals surface area contributed by atoms with Crippen LogP contribution < -0.4 is 11.1 Å². The van der Waals surface area contributed by atoms with Gasteiger partial charge in [-0.25, -0.2) is 4.98 Å². The Morgan fingerprint density at radius 2 is 2.12 bits per heavy atom. The van der Waals surface area contributed by atoms with Crippen LogP contribution in [0.4, 0.5) is 5.00 Å². The van der Waals surface area contributed by atoms with Crippen LogP contribution in [-0.4, -0.2) is 27.1 Å². The standard InChI is InChI=1S/C18H18N4O2S2/c1-11-3-4-14(12(2)9-11)22-7-6-20-18(22)26-10-15(23)21-17-13(16(19)24)5-8-25-17/h3-9H,10H2,1-2H3,(H2,19,24)(H,21,23). The highest BCUT2D eigenvalue weighted by molar-refractivity contribution is 7.99. The third-order valence-corrected chi connectivity index (χ3v) is 5.53. The summed E-state index contributed by atoms with van der Waals surface area (Å²) in [4.78, 5) is 27.9. The number of amides is 2. The zero-order valence-corrected chi connectivity index (χ0v) is 16.0. The number of thiophene rings is 1. The van der Waals surface area contributed by atoms with Gasteiger partial charge in [0.1, 0.15) is 5.00 Å². The van der Waals surface area contributed by atoms with Crippen molar-refractivity contribution in [1.82, 2.24) is 9.55 Å². The molecular formula is C18H18N4O2S2. The molecule has 1 aromatic carbocycles. The van der Waals surface area contributed by atoms with Gasteiger partial charge in [-0.1, -0.05) is 29.5 Å². The van der Waals surface area contributed by atoms with Crippen molar-refractivity contribution in [3.63, 3.8) is 0 Å². The molecule has 3 rings (SSSR count). The van der Waals surface area contributed by atoms with Gasteiger partial charge in [0.2, 0.25) is 5.91 Å². The largest absolute Gasteiger partial charge is 0.366 e. The average molecular weight is 387 g/mol. The molecule has 8 heteroatoms. The molecule has 0 aliphatic carbocycles. The quantitative estimate of drug-likeness (QED) is 0.636. The molecule has 0 spiro atoms. The molecule has 2 aromatic heterocycles. The second kappa shape index (κ2) is 7.76. The van der Waals surface area contributed by atoms with Gasteiger partial charge in [0, 0.05) is 12.4 Å². The molecule has 0 saturated heterocycles. The minimum Gasteiger partial charge on any atom is -0.366 e. The van der Waals surface area contributed by atoms with Crippen LogP contribution in [0.3, 0.4) is 0 Å². The Kier molecular flexibility index (Phi) is 5.43. The molecule has 0 saturated carbocycles. The summed E-state index contributed by atoms with van der Waals surface area (Å²) in [6, 6.07) is 7.80. The maximum atomic E-state index is 12.2. The fraction of sp³-hybridized carbons (Fsp3) is 0.167. The number of hydrogen-bond donors (Lipinski definition) is 2. The van der Waals surface area contributed by atoms with Crippen molar-refractivity contribution in [2.75, 3.05) is 11.1 Å². The number of benzene rings is 1. The van der Waals surface area contributed by atoms with Crippen LogP contribution in [0.1, 0.15) is 21.5 Å². The fourth-order valence-corrected chi connectivity index (χ4v) is 4.12. The van der Waals surface area contributed by atoms with Crippen LogP contribution >= 0.6 is 23.1 Å². The second-order valence-electron chi connectivity index (χ2n) is 5.73. The van der Waals surface area contributed by atoms with Gasteiger partial charge >= 0.3 is 0 Å². The van der Waals surface area contributed by atoms with Gasteiger partial charge in [0.15, 0.2) is 5.16 Å². The number of nitrogens with zero attached hydrogens (tertiary/aromatic N) is 2. The molecule has 134 valence electrons. The number of imidazole rings is 1. The Morgan fingerprint density at radius 1 is 1.31 bits per heavy atom. The monoisotopic (exact) mass is 386 g/mol. The molecule has 6 nitrogen and oxygen atoms in total. The number of primary amides is 1. The predicted molar refractivity (Wildman–Crippen MR) is 105 cm³/mol. The zero-order valence-electron chi connectivity index (χ0n) is 14.4. The molecule has 2 amide bonds. The van der Waals surface area contributed by atoms with Gasteiger partial charge < -0.3 is 11.1 Å². The highest BCUT2D eigenvalue weighted by atomic mass is 32.2. The van der Waals surface area contributed by atoms with E-state index in [0.29, 0.717) is 10.6 Å². The Bertz CT molecular complexity index is 962. The van der Waals surface area contributed by atoms with Gasteiger partial charge in [0.05, 0.1) is 17.0 Å². The lowest BCUT2D eigenvalue weighted by Gasteiger charge is -2.11. The Hall–Kier alpha value is -2.58. The highest BCUT2D eigenvalue weighted by Crippen LogP contribution is 2.25. The minimum atomic E-state index is -0.556. The van der Waals surface area contributed by atoms with Crippen LogP contribution in [0.25, 0.3) is 5.69 Å². The van der Waals surface area contributed by atoms with E-state index in [9.17, 15) is 9.59 Å². The van der Waals surface area contributed by atoms with Gasteiger partial charge in [-0.3, -0.25) is 14.2 Å². The SMILES string of the molecule is Cc1ccc(-n2ccnc2SCC(=O)Nc2sccc2C(N)=O)c(C)c1. The number of thioether (sulfide) groups is 1. The number of rotatable bonds is 6. The number of nitrogens with one attached hydrogen (secondary N) is 1. The average Bonchev–Trinajstić information content (AvgIpc) is 3.22. The van der Waals surface area contributed by atoms with Crippen LogP contribution in [0, 0.1) is 13.8 Å². The van der Waals surface area contributed by atoms with E-state index in [-0.39, 0.29) is 11.7 Å². The van der Waals surface area contributed by atoms with E-state index >= 15 is 0 Å². The van der Waals surface area contributed by atoms with E-state index < -0.39 is 5.91 Å². The van der Waals surface area contributed by atoms with Gasteiger partial charge in [-0.15, -0.1) is 11.3 Å². The predicted octanol–water partition coefficient (Wildman–Crippen LogP) is 3.38. The van der Waals surface area contributed by atoms with Crippen LogP contribution in [0.2, 0.25) is 0 Å². The zero-order chi connectivity index (χ0) is 18.7. The highest BCUT2D eigenvalue weighted by Gasteiger charge is 2.14. The number of aryl methyl sites for hydroxylation is 2. The molecule has 0 radical (unpaired) electrons. The molecule has 0 bridgehead atoms. The molecule has 0 fully saturated rings. The van der Waals surface area contributed by atoms with Crippen LogP contribution in [0.5, 0.6) is 0 Å². The topological polar surface area (TPSA) is 90.0 Å². The van der Waals surface area contributed by atoms with Crippen molar-refractivity contribution in [3.05, 3.63) is 58.7 Å². The summed E-state index contributed by atoms with van der Waals surface area (Å²) in [5, 5.41) is 5.65. The molecule has 0 aliphatic heterocycles. The lowest BCUT2D eigenvalue weighted by molar-refractivity contribution is -0.113. The first kappa shape index (κ1) is 18.2. The molecule has 3 N–H and O–H groups in total. The van der Waals surface area contributed by atoms with E-state index in [4.69, 9.17) is 5.73 Å². The minimum absolute atomic E-state index is 0.179. The Labute approximate surface area is 159 Å². The maximum absolute atomic E-state index is 12.2. The number of nitrogens with two attached hydrogens (primary N) is 1.